The molecule has 0 aromatic heterocycles. The molecule has 0 bridgehead atoms. The molecule has 1 aromatic rings. The molecule has 1 aromatic carbocycles. The Morgan fingerprint density at radius 1 is 0.679 bits per heavy atom. The van der Waals surface area contributed by atoms with E-state index >= 15 is 0 Å². The monoisotopic (exact) mass is 390 g/mol. The molecule has 0 amide bonds. The summed E-state index contributed by atoms with van der Waals surface area (Å²) < 4.78 is 10.6. The van der Waals surface area contributed by atoms with Gasteiger partial charge in [0.1, 0.15) is 0 Å². The molecule has 0 aliphatic rings. The molecule has 0 heterocycles. The lowest BCUT2D eigenvalue weighted by Gasteiger charge is -2.08. The molecule has 0 atom stereocenters. The Labute approximate surface area is 173 Å². The van der Waals surface area contributed by atoms with Crippen LogP contribution in [0.5, 0.6) is 11.5 Å². The Hall–Kier alpha value is -1.51. The maximum atomic E-state index is 11.9. The maximum Gasteiger partial charge on any atom is 0.311 e. The fourth-order valence-electron chi connectivity index (χ4n) is 3.52. The van der Waals surface area contributed by atoms with Gasteiger partial charge in [-0.25, -0.2) is 0 Å². The number of rotatable bonds is 18. The number of unbranched alkanes of at least 4 members (excludes halogenated alkanes) is 14. The van der Waals surface area contributed by atoms with E-state index in [0.29, 0.717) is 17.9 Å². The summed E-state index contributed by atoms with van der Waals surface area (Å²) in [5, 5.41) is 0. The van der Waals surface area contributed by atoms with E-state index in [1.54, 1.807) is 19.2 Å². The van der Waals surface area contributed by atoms with Crippen LogP contribution in [0.3, 0.4) is 0 Å². The topological polar surface area (TPSA) is 35.5 Å². The molecule has 28 heavy (non-hydrogen) atoms. The van der Waals surface area contributed by atoms with Crippen LogP contribution >= 0.6 is 0 Å². The van der Waals surface area contributed by atoms with Gasteiger partial charge in [0, 0.05) is 6.42 Å². The lowest BCUT2D eigenvalue weighted by atomic mass is 10.0. The van der Waals surface area contributed by atoms with Crippen LogP contribution < -0.4 is 9.47 Å². The lowest BCUT2D eigenvalue weighted by Crippen LogP contribution is -2.08. The summed E-state index contributed by atoms with van der Waals surface area (Å²) in [6, 6.07) is 7.28. The zero-order valence-electron chi connectivity index (χ0n) is 18.3. The Kier molecular flexibility index (Phi) is 15.4. The van der Waals surface area contributed by atoms with Crippen LogP contribution in [-0.4, -0.2) is 13.1 Å². The van der Waals surface area contributed by atoms with Crippen molar-refractivity contribution >= 4 is 5.97 Å². The van der Waals surface area contributed by atoms with Gasteiger partial charge in [0.15, 0.2) is 11.5 Å². The first-order chi connectivity index (χ1) is 13.8. The number of carbonyl (C=O) groups excluding carboxylic acids is 1. The number of benzene rings is 1. The zero-order valence-corrected chi connectivity index (χ0v) is 18.3. The second-order valence-electron chi connectivity index (χ2n) is 7.82. The average Bonchev–Trinajstić information content (AvgIpc) is 2.71. The molecule has 3 heteroatoms. The van der Waals surface area contributed by atoms with Gasteiger partial charge in [-0.3, -0.25) is 4.79 Å². The van der Waals surface area contributed by atoms with Gasteiger partial charge in [0.25, 0.3) is 0 Å². The van der Waals surface area contributed by atoms with Crippen LogP contribution in [0, 0.1) is 0 Å². The fourth-order valence-corrected chi connectivity index (χ4v) is 3.52. The van der Waals surface area contributed by atoms with Gasteiger partial charge in [-0.05, 0) is 18.6 Å². The van der Waals surface area contributed by atoms with E-state index in [0.717, 1.165) is 12.8 Å². The van der Waals surface area contributed by atoms with E-state index in [1.807, 2.05) is 12.1 Å². The third-order valence-electron chi connectivity index (χ3n) is 5.28. The first-order valence-electron chi connectivity index (χ1n) is 11.6. The Bertz CT molecular complexity index is 498. The normalized spacial score (nSPS) is 10.8. The van der Waals surface area contributed by atoms with Crippen LogP contribution in [0.1, 0.15) is 110 Å². The molecule has 0 spiro atoms. The van der Waals surface area contributed by atoms with Crippen molar-refractivity contribution in [1.82, 2.24) is 0 Å². The van der Waals surface area contributed by atoms with E-state index in [4.69, 9.17) is 9.47 Å². The molecule has 0 saturated carbocycles. The second-order valence-corrected chi connectivity index (χ2v) is 7.82. The highest BCUT2D eigenvalue weighted by atomic mass is 16.6. The van der Waals surface area contributed by atoms with Crippen molar-refractivity contribution in [2.75, 3.05) is 7.11 Å². The smallest absolute Gasteiger partial charge is 0.311 e. The molecule has 1 rings (SSSR count). The molecule has 0 radical (unpaired) electrons. The highest BCUT2D eigenvalue weighted by Crippen LogP contribution is 2.26. The lowest BCUT2D eigenvalue weighted by molar-refractivity contribution is -0.134. The molecule has 0 fully saturated rings. The number of ether oxygens (including phenoxy) is 2. The van der Waals surface area contributed by atoms with E-state index in [-0.39, 0.29) is 5.97 Å². The van der Waals surface area contributed by atoms with Crippen molar-refractivity contribution in [1.29, 1.82) is 0 Å². The summed E-state index contributed by atoms with van der Waals surface area (Å²) in [4.78, 5) is 11.9. The van der Waals surface area contributed by atoms with Crippen molar-refractivity contribution in [2.45, 2.75) is 110 Å². The molecule has 0 aliphatic heterocycles. The van der Waals surface area contributed by atoms with Crippen LogP contribution in [0.15, 0.2) is 24.3 Å². The molecule has 0 saturated heterocycles. The number of carbonyl (C=O) groups is 1. The quantitative estimate of drug-likeness (QED) is 0.145. The van der Waals surface area contributed by atoms with E-state index < -0.39 is 0 Å². The summed E-state index contributed by atoms with van der Waals surface area (Å²) in [5.41, 5.74) is 0. The predicted octanol–water partition coefficient (Wildman–Crippen LogP) is 7.86. The summed E-state index contributed by atoms with van der Waals surface area (Å²) in [7, 11) is 1.58. The van der Waals surface area contributed by atoms with Crippen molar-refractivity contribution in [3.05, 3.63) is 24.3 Å². The number of methoxy groups -OCH3 is 1. The van der Waals surface area contributed by atoms with Crippen molar-refractivity contribution < 1.29 is 14.3 Å². The predicted molar refractivity (Wildman–Crippen MR) is 118 cm³/mol. The largest absolute Gasteiger partial charge is 0.493 e. The Balaban J connectivity index is 1.87. The Morgan fingerprint density at radius 3 is 1.57 bits per heavy atom. The first kappa shape index (κ1) is 24.5. The summed E-state index contributed by atoms with van der Waals surface area (Å²) in [6.07, 6.45) is 20.4. The third-order valence-corrected chi connectivity index (χ3v) is 5.28. The molecular weight excluding hydrogens is 348 g/mol. The van der Waals surface area contributed by atoms with Crippen LogP contribution in [-0.2, 0) is 4.79 Å². The van der Waals surface area contributed by atoms with Gasteiger partial charge >= 0.3 is 5.97 Å². The van der Waals surface area contributed by atoms with Gasteiger partial charge < -0.3 is 9.47 Å². The van der Waals surface area contributed by atoms with Crippen LogP contribution in [0.2, 0.25) is 0 Å². The average molecular weight is 391 g/mol. The van der Waals surface area contributed by atoms with Crippen LogP contribution in [0.4, 0.5) is 0 Å². The van der Waals surface area contributed by atoms with Crippen LogP contribution in [0.25, 0.3) is 0 Å². The summed E-state index contributed by atoms with van der Waals surface area (Å²) in [5.74, 6) is 0.947. The molecule has 0 unspecified atom stereocenters. The van der Waals surface area contributed by atoms with E-state index in [9.17, 15) is 4.79 Å². The molecule has 0 aliphatic carbocycles. The number of para-hydroxylation sites is 2. The Morgan fingerprint density at radius 2 is 1.11 bits per heavy atom. The summed E-state index contributed by atoms with van der Waals surface area (Å²) in [6.45, 7) is 2.28. The standard InChI is InChI=1S/C25H42O3/c1-3-4-5-6-7-8-9-10-11-12-13-14-15-16-17-22-25(26)28-24-21-19-18-20-23(24)27-2/h18-21H,3-17,22H2,1-2H3. The minimum atomic E-state index is -0.167. The number of hydrogen-bond acceptors (Lipinski definition) is 3. The maximum absolute atomic E-state index is 11.9. The SMILES string of the molecule is CCCCCCCCCCCCCCCCCC(=O)Oc1ccccc1OC. The van der Waals surface area contributed by atoms with E-state index in [2.05, 4.69) is 6.92 Å². The highest BCUT2D eigenvalue weighted by Gasteiger charge is 2.08. The van der Waals surface area contributed by atoms with Gasteiger partial charge in [-0.15, -0.1) is 0 Å². The van der Waals surface area contributed by atoms with Gasteiger partial charge in [0.2, 0.25) is 0 Å². The number of esters is 1. The minimum absolute atomic E-state index is 0.167. The van der Waals surface area contributed by atoms with Crippen molar-refractivity contribution in [3.63, 3.8) is 0 Å². The zero-order chi connectivity index (χ0) is 20.3. The summed E-state index contributed by atoms with van der Waals surface area (Å²) >= 11 is 0. The second kappa shape index (κ2) is 17.6. The highest BCUT2D eigenvalue weighted by molar-refractivity contribution is 5.73. The van der Waals surface area contributed by atoms with Gasteiger partial charge in [-0.1, -0.05) is 109 Å². The fraction of sp³-hybridized carbons (Fsp3) is 0.720. The van der Waals surface area contributed by atoms with Gasteiger partial charge in [0.05, 0.1) is 7.11 Å². The minimum Gasteiger partial charge on any atom is -0.493 e. The molecular formula is C25H42O3. The molecule has 3 nitrogen and oxygen atoms in total. The number of hydrogen-bond donors (Lipinski definition) is 0. The first-order valence-corrected chi connectivity index (χ1v) is 11.6. The third kappa shape index (κ3) is 12.8. The van der Waals surface area contributed by atoms with Gasteiger partial charge in [-0.2, -0.15) is 0 Å². The molecule has 160 valence electrons. The van der Waals surface area contributed by atoms with Crippen molar-refractivity contribution in [2.24, 2.45) is 0 Å². The van der Waals surface area contributed by atoms with E-state index in [1.165, 1.54) is 83.5 Å². The molecule has 0 N–H and O–H groups in total. The van der Waals surface area contributed by atoms with Crippen molar-refractivity contribution in [3.8, 4) is 11.5 Å².